The van der Waals surface area contributed by atoms with Crippen LogP contribution in [0.3, 0.4) is 0 Å². The van der Waals surface area contributed by atoms with E-state index in [0.29, 0.717) is 12.1 Å². The van der Waals surface area contributed by atoms with Crippen molar-refractivity contribution in [1.29, 1.82) is 0 Å². The minimum atomic E-state index is -3.74. The zero-order valence-electron chi connectivity index (χ0n) is 16.2. The summed E-state index contributed by atoms with van der Waals surface area (Å²) in [5.41, 5.74) is 1.47. The van der Waals surface area contributed by atoms with Gasteiger partial charge in [0.2, 0.25) is 0 Å². The highest BCUT2D eigenvalue weighted by Crippen LogP contribution is 2.30. The number of hydroxylamine groups is 1. The van der Waals surface area contributed by atoms with Gasteiger partial charge in [-0.2, -0.15) is 0 Å². The van der Waals surface area contributed by atoms with Gasteiger partial charge in [-0.05, 0) is 54.8 Å². The first-order valence-electron chi connectivity index (χ1n) is 8.94. The second kappa shape index (κ2) is 8.30. The molecule has 2 aromatic carbocycles. The predicted molar refractivity (Wildman–Crippen MR) is 104 cm³/mol. The number of ether oxygens (including phenoxy) is 1. The van der Waals surface area contributed by atoms with Crippen molar-refractivity contribution < 1.29 is 22.8 Å². The lowest BCUT2D eigenvalue weighted by atomic mass is 10.1. The summed E-state index contributed by atoms with van der Waals surface area (Å²) in [7, 11) is 0.475. The van der Waals surface area contributed by atoms with Gasteiger partial charge in [0.15, 0.2) is 0 Å². The number of nitrogens with zero attached hydrogens (tertiary/aromatic N) is 2. The summed E-state index contributed by atoms with van der Waals surface area (Å²) in [5, 5.41) is 0. The van der Waals surface area contributed by atoms with Crippen LogP contribution in [-0.4, -0.2) is 51.0 Å². The minimum Gasteiger partial charge on any atom is -0.497 e. The third-order valence-corrected chi connectivity index (χ3v) is 6.45. The third-order valence-electron chi connectivity index (χ3n) is 4.76. The molecule has 1 aliphatic carbocycles. The lowest BCUT2D eigenvalue weighted by Crippen LogP contribution is -2.32. The number of sulfonamides is 1. The Balaban J connectivity index is 1.78. The standard InChI is InChI=1S/C20H24N2O5S/c1-21(27-3)28(24,25)19-12-6-16(7-13-19)20(23)22(17-8-9-17)14-15-4-10-18(26-2)11-5-15/h4-7,10-13,17H,8-9,14H2,1-3H3. The Kier molecular flexibility index (Phi) is 6.02. The fourth-order valence-corrected chi connectivity index (χ4v) is 3.84. The molecular formula is C20H24N2O5S. The molecule has 0 atom stereocenters. The Morgan fingerprint density at radius 1 is 1.04 bits per heavy atom. The molecule has 1 saturated carbocycles. The molecule has 0 saturated heterocycles. The van der Waals surface area contributed by atoms with Gasteiger partial charge >= 0.3 is 0 Å². The average Bonchev–Trinajstić information content (AvgIpc) is 3.56. The van der Waals surface area contributed by atoms with E-state index in [0.717, 1.165) is 28.6 Å². The Hall–Kier alpha value is -2.42. The molecule has 1 fully saturated rings. The first-order valence-corrected chi connectivity index (χ1v) is 10.4. The van der Waals surface area contributed by atoms with Crippen LogP contribution in [0, 0.1) is 0 Å². The monoisotopic (exact) mass is 404 g/mol. The molecule has 3 rings (SSSR count). The summed E-state index contributed by atoms with van der Waals surface area (Å²) in [5.74, 6) is 0.660. The molecule has 0 N–H and O–H groups in total. The Morgan fingerprint density at radius 3 is 2.14 bits per heavy atom. The van der Waals surface area contributed by atoms with Crippen LogP contribution in [0.15, 0.2) is 53.4 Å². The molecule has 0 heterocycles. The highest BCUT2D eigenvalue weighted by atomic mass is 32.2. The number of carbonyl (C=O) groups is 1. The zero-order valence-corrected chi connectivity index (χ0v) is 17.0. The van der Waals surface area contributed by atoms with Crippen LogP contribution in [0.2, 0.25) is 0 Å². The lowest BCUT2D eigenvalue weighted by Gasteiger charge is -2.23. The zero-order chi connectivity index (χ0) is 20.3. The van der Waals surface area contributed by atoms with Crippen LogP contribution >= 0.6 is 0 Å². The third kappa shape index (κ3) is 4.35. The fourth-order valence-electron chi connectivity index (χ4n) is 2.86. The van der Waals surface area contributed by atoms with Crippen LogP contribution in [0.4, 0.5) is 0 Å². The van der Waals surface area contributed by atoms with Gasteiger partial charge in [-0.3, -0.25) is 9.63 Å². The lowest BCUT2D eigenvalue weighted by molar-refractivity contribution is -0.0258. The summed E-state index contributed by atoms with van der Waals surface area (Å²) < 4.78 is 30.5. The number of hydrogen-bond donors (Lipinski definition) is 0. The number of hydrogen-bond acceptors (Lipinski definition) is 5. The summed E-state index contributed by atoms with van der Waals surface area (Å²) in [6, 6.07) is 13.8. The normalized spacial score (nSPS) is 14.1. The van der Waals surface area contributed by atoms with E-state index in [9.17, 15) is 13.2 Å². The molecular weight excluding hydrogens is 380 g/mol. The maximum Gasteiger partial charge on any atom is 0.264 e. The number of methoxy groups -OCH3 is 1. The van der Waals surface area contributed by atoms with E-state index in [-0.39, 0.29) is 16.8 Å². The van der Waals surface area contributed by atoms with E-state index in [1.54, 1.807) is 19.2 Å². The van der Waals surface area contributed by atoms with E-state index in [1.807, 2.05) is 29.2 Å². The second-order valence-corrected chi connectivity index (χ2v) is 8.57. The van der Waals surface area contributed by atoms with Crippen molar-refractivity contribution in [2.45, 2.75) is 30.3 Å². The van der Waals surface area contributed by atoms with Crippen molar-refractivity contribution in [3.05, 3.63) is 59.7 Å². The van der Waals surface area contributed by atoms with Crippen LogP contribution in [-0.2, 0) is 21.4 Å². The molecule has 7 nitrogen and oxygen atoms in total. The summed E-state index contributed by atoms with van der Waals surface area (Å²) in [6.45, 7) is 0.500. The number of carbonyl (C=O) groups excluding carboxylic acids is 1. The molecule has 0 unspecified atom stereocenters. The topological polar surface area (TPSA) is 76.2 Å². The number of amides is 1. The molecule has 0 radical (unpaired) electrons. The van der Waals surface area contributed by atoms with Gasteiger partial charge in [0.25, 0.3) is 15.9 Å². The largest absolute Gasteiger partial charge is 0.497 e. The molecule has 0 spiro atoms. The molecule has 8 heteroatoms. The summed E-state index contributed by atoms with van der Waals surface area (Å²) in [4.78, 5) is 19.7. The Morgan fingerprint density at radius 2 is 1.64 bits per heavy atom. The van der Waals surface area contributed by atoms with Crippen molar-refractivity contribution in [2.24, 2.45) is 0 Å². The molecule has 1 amide bonds. The highest BCUT2D eigenvalue weighted by Gasteiger charge is 2.33. The molecule has 2 aromatic rings. The second-order valence-electron chi connectivity index (χ2n) is 6.63. The van der Waals surface area contributed by atoms with Crippen molar-refractivity contribution in [3.8, 4) is 5.75 Å². The van der Waals surface area contributed by atoms with Gasteiger partial charge in [-0.15, -0.1) is 0 Å². The smallest absolute Gasteiger partial charge is 0.264 e. The van der Waals surface area contributed by atoms with Crippen LogP contribution in [0.5, 0.6) is 5.75 Å². The first-order chi connectivity index (χ1) is 13.4. The van der Waals surface area contributed by atoms with Gasteiger partial charge in [0, 0.05) is 25.2 Å². The minimum absolute atomic E-state index is 0.0709. The Labute approximate surface area is 165 Å². The van der Waals surface area contributed by atoms with Crippen molar-refractivity contribution in [1.82, 2.24) is 9.37 Å². The van der Waals surface area contributed by atoms with Crippen molar-refractivity contribution in [2.75, 3.05) is 21.3 Å². The summed E-state index contributed by atoms with van der Waals surface area (Å²) >= 11 is 0. The van der Waals surface area contributed by atoms with E-state index < -0.39 is 10.0 Å². The van der Waals surface area contributed by atoms with Gasteiger partial charge in [0.1, 0.15) is 5.75 Å². The van der Waals surface area contributed by atoms with Crippen LogP contribution in [0.1, 0.15) is 28.8 Å². The van der Waals surface area contributed by atoms with Crippen LogP contribution in [0.25, 0.3) is 0 Å². The molecule has 1 aliphatic rings. The van der Waals surface area contributed by atoms with Crippen molar-refractivity contribution in [3.63, 3.8) is 0 Å². The maximum absolute atomic E-state index is 13.0. The molecule has 0 aliphatic heterocycles. The summed E-state index contributed by atoms with van der Waals surface area (Å²) in [6.07, 6.45) is 1.96. The molecule has 0 aromatic heterocycles. The van der Waals surface area contributed by atoms with Gasteiger partial charge in [0.05, 0.1) is 19.1 Å². The molecule has 28 heavy (non-hydrogen) atoms. The van der Waals surface area contributed by atoms with Crippen LogP contribution < -0.4 is 4.74 Å². The maximum atomic E-state index is 13.0. The van der Waals surface area contributed by atoms with Gasteiger partial charge in [-0.1, -0.05) is 16.6 Å². The fraction of sp³-hybridized carbons (Fsp3) is 0.350. The Bertz CT molecular complexity index is 922. The first kappa shape index (κ1) is 20.3. The van der Waals surface area contributed by atoms with E-state index in [4.69, 9.17) is 9.57 Å². The number of rotatable bonds is 8. The predicted octanol–water partition coefficient (Wildman–Crippen LogP) is 2.68. The highest BCUT2D eigenvalue weighted by molar-refractivity contribution is 7.89. The quantitative estimate of drug-likeness (QED) is 0.633. The SMILES string of the molecule is COc1ccc(CN(C(=O)c2ccc(S(=O)(=O)N(C)OC)cc2)C2CC2)cc1. The van der Waals surface area contributed by atoms with Gasteiger partial charge in [-0.25, -0.2) is 8.42 Å². The van der Waals surface area contributed by atoms with E-state index in [1.165, 1.54) is 26.3 Å². The number of benzene rings is 2. The van der Waals surface area contributed by atoms with Crippen molar-refractivity contribution >= 4 is 15.9 Å². The average molecular weight is 404 g/mol. The van der Waals surface area contributed by atoms with Gasteiger partial charge < -0.3 is 9.64 Å². The van der Waals surface area contributed by atoms with E-state index >= 15 is 0 Å². The molecule has 0 bridgehead atoms. The molecule has 150 valence electrons. The van der Waals surface area contributed by atoms with E-state index in [2.05, 4.69) is 0 Å².